The number of hydrogen-bond donors (Lipinski definition) is 1. The van der Waals surface area contributed by atoms with E-state index in [1.165, 1.54) is 23.9 Å². The van der Waals surface area contributed by atoms with Crippen molar-refractivity contribution in [3.05, 3.63) is 94.8 Å². The van der Waals surface area contributed by atoms with Gasteiger partial charge in [-0.2, -0.15) is 9.78 Å². The molecule has 1 heterocycles. The van der Waals surface area contributed by atoms with E-state index in [2.05, 4.69) is 57.9 Å². The Morgan fingerprint density at radius 2 is 1.82 bits per heavy atom. The van der Waals surface area contributed by atoms with E-state index in [-0.39, 0.29) is 23.6 Å². The fourth-order valence-corrected chi connectivity index (χ4v) is 4.95. The van der Waals surface area contributed by atoms with Crippen LogP contribution in [-0.4, -0.2) is 34.1 Å². The summed E-state index contributed by atoms with van der Waals surface area (Å²) >= 11 is 10.6. The van der Waals surface area contributed by atoms with Crippen LogP contribution in [0.15, 0.2) is 71.8 Å². The Bertz CT molecular complexity index is 1620. The first-order valence-corrected chi connectivity index (χ1v) is 13.8. The molecular formula is C27H22Br3N3O5. The second-order valence-electron chi connectivity index (χ2n) is 8.56. The van der Waals surface area contributed by atoms with Crippen LogP contribution in [0.4, 0.5) is 0 Å². The van der Waals surface area contributed by atoms with Crippen LogP contribution in [0.3, 0.4) is 0 Å². The molecule has 0 aliphatic carbocycles. The van der Waals surface area contributed by atoms with Crippen molar-refractivity contribution in [1.29, 1.82) is 0 Å². The van der Waals surface area contributed by atoms with Gasteiger partial charge in [-0.1, -0.05) is 41.9 Å². The fraction of sp³-hybridized carbons (Fsp3) is 0.185. The van der Waals surface area contributed by atoms with E-state index in [9.17, 15) is 9.59 Å². The molecule has 0 bridgehead atoms. The van der Waals surface area contributed by atoms with Crippen LogP contribution in [-0.2, 0) is 6.61 Å². The topological polar surface area (TPSA) is 103 Å². The Kier molecular flexibility index (Phi) is 8.69. The number of methoxy groups -OCH3 is 1. The molecule has 0 saturated carbocycles. The summed E-state index contributed by atoms with van der Waals surface area (Å²) in [6.45, 7) is 4.10. The average molecular weight is 708 g/mol. The first kappa shape index (κ1) is 28.0. The number of aromatic carboxylic acids is 1. The molecule has 0 radical (unpaired) electrons. The van der Waals surface area contributed by atoms with Crippen molar-refractivity contribution in [1.82, 2.24) is 9.66 Å². The number of carboxylic acid groups (broad SMARTS) is 1. The molecule has 4 aromatic rings. The highest BCUT2D eigenvalue weighted by Crippen LogP contribution is 2.42. The van der Waals surface area contributed by atoms with Crippen LogP contribution >= 0.6 is 47.8 Å². The maximum absolute atomic E-state index is 13.3. The lowest BCUT2D eigenvalue weighted by atomic mass is 10.1. The van der Waals surface area contributed by atoms with Gasteiger partial charge in [0, 0.05) is 20.4 Å². The first-order valence-electron chi connectivity index (χ1n) is 11.4. The zero-order valence-electron chi connectivity index (χ0n) is 20.5. The molecule has 0 amide bonds. The summed E-state index contributed by atoms with van der Waals surface area (Å²) in [5, 5.41) is 14.0. The van der Waals surface area contributed by atoms with Gasteiger partial charge in [0.15, 0.2) is 11.5 Å². The van der Waals surface area contributed by atoms with Crippen molar-refractivity contribution in [2.75, 3.05) is 7.11 Å². The highest BCUT2D eigenvalue weighted by molar-refractivity contribution is 9.13. The van der Waals surface area contributed by atoms with Crippen LogP contribution in [0.5, 0.6) is 11.5 Å². The summed E-state index contributed by atoms with van der Waals surface area (Å²) in [4.78, 5) is 29.1. The summed E-state index contributed by atoms with van der Waals surface area (Å²) in [5.74, 6) is 0.407. The van der Waals surface area contributed by atoms with Crippen molar-refractivity contribution < 1.29 is 19.4 Å². The van der Waals surface area contributed by atoms with Crippen molar-refractivity contribution in [2.24, 2.45) is 5.10 Å². The van der Waals surface area contributed by atoms with Gasteiger partial charge in [0.2, 0.25) is 0 Å². The summed E-state index contributed by atoms with van der Waals surface area (Å²) in [6, 6.07) is 13.6. The number of nitrogens with zero attached hydrogens (tertiary/aromatic N) is 3. The number of carboxylic acids is 1. The van der Waals surface area contributed by atoms with Gasteiger partial charge < -0.3 is 14.6 Å². The maximum atomic E-state index is 13.3. The predicted molar refractivity (Wildman–Crippen MR) is 157 cm³/mol. The minimum absolute atomic E-state index is 0.0436. The molecule has 0 saturated heterocycles. The van der Waals surface area contributed by atoms with Crippen molar-refractivity contribution in [2.45, 2.75) is 26.4 Å². The van der Waals surface area contributed by atoms with E-state index in [0.717, 1.165) is 10.0 Å². The fourth-order valence-electron chi connectivity index (χ4n) is 3.65. The van der Waals surface area contributed by atoms with Gasteiger partial charge in [-0.15, -0.1) is 0 Å². The van der Waals surface area contributed by atoms with Crippen LogP contribution in [0.2, 0.25) is 0 Å². The predicted octanol–water partition coefficient (Wildman–Crippen LogP) is 6.98. The average Bonchev–Trinajstić information content (AvgIpc) is 2.89. The number of benzene rings is 3. The van der Waals surface area contributed by atoms with Crippen LogP contribution in [0.25, 0.3) is 10.9 Å². The summed E-state index contributed by atoms with van der Waals surface area (Å²) < 4.78 is 14.9. The summed E-state index contributed by atoms with van der Waals surface area (Å²) in [7, 11) is 1.53. The molecular weight excluding hydrogens is 686 g/mol. The number of aromatic nitrogens is 2. The third kappa shape index (κ3) is 5.84. The van der Waals surface area contributed by atoms with E-state index in [4.69, 9.17) is 14.6 Å². The van der Waals surface area contributed by atoms with Gasteiger partial charge in [-0.3, -0.25) is 4.79 Å². The highest BCUT2D eigenvalue weighted by atomic mass is 79.9. The van der Waals surface area contributed by atoms with Gasteiger partial charge in [-0.25, -0.2) is 9.78 Å². The summed E-state index contributed by atoms with van der Waals surface area (Å²) in [6.07, 6.45) is 1.56. The first-order chi connectivity index (χ1) is 18.1. The minimum atomic E-state index is -0.988. The van der Waals surface area contributed by atoms with Crippen molar-refractivity contribution in [3.8, 4) is 11.5 Å². The molecule has 0 atom stereocenters. The standard InChI is InChI=1S/C27H22Br3N3O5/c1-14(2)25-32-20-9-8-18(28)11-19(20)26(34)33(25)31-12-17-10-21(37-3)24(23(30)22(17)29)38-13-15-4-6-16(7-5-15)27(35)36/h4-12,14H,13H2,1-3H3,(H,35,36). The van der Waals surface area contributed by atoms with Gasteiger partial charge in [-0.05, 0) is 73.8 Å². The van der Waals surface area contributed by atoms with Gasteiger partial charge in [0.25, 0.3) is 5.56 Å². The van der Waals surface area contributed by atoms with Crippen LogP contribution in [0.1, 0.15) is 47.1 Å². The molecule has 0 aliphatic heterocycles. The van der Waals surface area contributed by atoms with E-state index >= 15 is 0 Å². The van der Waals surface area contributed by atoms with Gasteiger partial charge in [0.1, 0.15) is 12.4 Å². The smallest absolute Gasteiger partial charge is 0.335 e. The number of carbonyl (C=O) groups is 1. The molecule has 3 aromatic carbocycles. The maximum Gasteiger partial charge on any atom is 0.335 e. The molecule has 8 nitrogen and oxygen atoms in total. The molecule has 196 valence electrons. The molecule has 1 aromatic heterocycles. The minimum Gasteiger partial charge on any atom is -0.493 e. The number of hydrogen-bond acceptors (Lipinski definition) is 6. The molecule has 4 rings (SSSR count). The van der Waals surface area contributed by atoms with Gasteiger partial charge in [0.05, 0.1) is 34.3 Å². The number of rotatable bonds is 8. The second-order valence-corrected chi connectivity index (χ2v) is 11.1. The molecule has 11 heteroatoms. The number of fused-ring (bicyclic) bond motifs is 1. The van der Waals surface area contributed by atoms with Crippen LogP contribution < -0.4 is 15.0 Å². The highest BCUT2D eigenvalue weighted by Gasteiger charge is 2.18. The zero-order valence-corrected chi connectivity index (χ0v) is 25.3. The molecule has 38 heavy (non-hydrogen) atoms. The molecule has 0 fully saturated rings. The second kappa shape index (κ2) is 11.8. The lowest BCUT2D eigenvalue weighted by Gasteiger charge is -2.16. The lowest BCUT2D eigenvalue weighted by molar-refractivity contribution is 0.0697. The molecule has 1 N–H and O–H groups in total. The number of ether oxygens (including phenoxy) is 2. The number of halogens is 3. The third-order valence-corrected chi connectivity index (χ3v) is 8.26. The Morgan fingerprint density at radius 3 is 2.45 bits per heavy atom. The Hall–Kier alpha value is -3.02. The monoisotopic (exact) mass is 705 g/mol. The Morgan fingerprint density at radius 1 is 1.11 bits per heavy atom. The van der Waals surface area contributed by atoms with Crippen LogP contribution in [0, 0.1) is 0 Å². The van der Waals surface area contributed by atoms with E-state index in [1.807, 2.05) is 19.9 Å². The third-order valence-electron chi connectivity index (χ3n) is 5.62. The lowest BCUT2D eigenvalue weighted by Crippen LogP contribution is -2.23. The van der Waals surface area contributed by atoms with E-state index < -0.39 is 5.97 Å². The molecule has 0 spiro atoms. The van der Waals surface area contributed by atoms with E-state index in [0.29, 0.717) is 42.7 Å². The molecule has 0 unspecified atom stereocenters. The molecule has 0 aliphatic rings. The normalized spacial score (nSPS) is 11.4. The zero-order chi connectivity index (χ0) is 27.6. The Balaban J connectivity index is 1.69. The van der Waals surface area contributed by atoms with Gasteiger partial charge >= 0.3 is 5.97 Å². The van der Waals surface area contributed by atoms with Crippen molar-refractivity contribution >= 4 is 70.9 Å². The van der Waals surface area contributed by atoms with Crippen molar-refractivity contribution in [3.63, 3.8) is 0 Å². The van der Waals surface area contributed by atoms with E-state index in [1.54, 1.807) is 36.5 Å². The Labute approximate surface area is 243 Å². The largest absolute Gasteiger partial charge is 0.493 e. The SMILES string of the molecule is COc1cc(C=Nn2c(C(C)C)nc3ccc(Br)cc3c2=O)c(Br)c(Br)c1OCc1ccc(C(=O)O)cc1. The quantitative estimate of drug-likeness (QED) is 0.199. The summed E-state index contributed by atoms with van der Waals surface area (Å²) in [5.41, 5.74) is 1.97.